The number of nitrogens with one attached hydrogen (secondary N) is 1. The molecular weight excluding hydrogens is 466 g/mol. The van der Waals surface area contributed by atoms with Gasteiger partial charge in [0, 0.05) is 28.7 Å². The molecule has 0 spiro atoms. The van der Waals surface area contributed by atoms with Crippen LogP contribution in [0.15, 0.2) is 82.6 Å². The molecule has 0 fully saturated rings. The first kappa shape index (κ1) is 23.7. The SMILES string of the molecule is C=CCn1c(SC(C)C(=O)Nc2cccc(C(C)=O)c2)nc2scc(-c3ccccc3)c2c1=O. The van der Waals surface area contributed by atoms with Gasteiger partial charge in [-0.05, 0) is 31.5 Å². The van der Waals surface area contributed by atoms with Gasteiger partial charge in [-0.25, -0.2) is 4.98 Å². The number of Topliss-reactive ketones (excluding diaryl/α,β-unsaturated/α-hetero) is 1. The molecule has 0 bridgehead atoms. The Labute approximate surface area is 205 Å². The number of thiophene rings is 1. The molecule has 0 saturated heterocycles. The number of rotatable bonds is 8. The molecule has 0 aliphatic rings. The van der Waals surface area contributed by atoms with E-state index in [2.05, 4.69) is 11.9 Å². The van der Waals surface area contributed by atoms with Crippen LogP contribution in [0.2, 0.25) is 0 Å². The Balaban J connectivity index is 1.65. The van der Waals surface area contributed by atoms with E-state index in [4.69, 9.17) is 4.98 Å². The minimum atomic E-state index is -0.532. The van der Waals surface area contributed by atoms with Crippen LogP contribution in [-0.4, -0.2) is 26.5 Å². The number of amides is 1. The number of aromatic nitrogens is 2. The van der Waals surface area contributed by atoms with E-state index in [0.29, 0.717) is 26.6 Å². The number of thioether (sulfide) groups is 1. The summed E-state index contributed by atoms with van der Waals surface area (Å²) in [5, 5.41) is 5.28. The van der Waals surface area contributed by atoms with Crippen molar-refractivity contribution in [3.8, 4) is 11.1 Å². The highest BCUT2D eigenvalue weighted by atomic mass is 32.2. The van der Waals surface area contributed by atoms with E-state index in [0.717, 1.165) is 11.1 Å². The van der Waals surface area contributed by atoms with Crippen molar-refractivity contribution in [2.45, 2.75) is 30.8 Å². The van der Waals surface area contributed by atoms with Crippen molar-refractivity contribution in [3.63, 3.8) is 0 Å². The molecule has 2 aromatic carbocycles. The predicted molar refractivity (Wildman–Crippen MR) is 140 cm³/mol. The van der Waals surface area contributed by atoms with Gasteiger partial charge in [-0.3, -0.25) is 19.0 Å². The predicted octanol–water partition coefficient (Wildman–Crippen LogP) is 5.63. The summed E-state index contributed by atoms with van der Waals surface area (Å²) >= 11 is 2.62. The highest BCUT2D eigenvalue weighted by molar-refractivity contribution is 8.00. The Morgan fingerprint density at radius 2 is 1.97 bits per heavy atom. The molecule has 0 aliphatic carbocycles. The molecule has 1 unspecified atom stereocenters. The van der Waals surface area contributed by atoms with Gasteiger partial charge in [0.15, 0.2) is 10.9 Å². The average molecular weight is 490 g/mol. The highest BCUT2D eigenvalue weighted by Crippen LogP contribution is 2.33. The van der Waals surface area contributed by atoms with Gasteiger partial charge in [-0.1, -0.05) is 60.3 Å². The zero-order valence-electron chi connectivity index (χ0n) is 18.8. The lowest BCUT2D eigenvalue weighted by molar-refractivity contribution is -0.115. The summed E-state index contributed by atoms with van der Waals surface area (Å²) in [6, 6.07) is 16.5. The van der Waals surface area contributed by atoms with E-state index in [1.165, 1.54) is 30.0 Å². The van der Waals surface area contributed by atoms with Crippen molar-refractivity contribution >= 4 is 50.7 Å². The lowest BCUT2D eigenvalue weighted by Gasteiger charge is -2.15. The van der Waals surface area contributed by atoms with Crippen molar-refractivity contribution in [1.82, 2.24) is 9.55 Å². The standard InChI is InChI=1S/C26H23N3O3S2/c1-4-13-29-25(32)22-21(18-9-6-5-7-10-18)15-33-24(22)28-26(29)34-17(3)23(31)27-20-12-8-11-19(14-20)16(2)30/h4-12,14-15,17H,1,13H2,2-3H3,(H,27,31). The molecule has 0 saturated carbocycles. The summed E-state index contributed by atoms with van der Waals surface area (Å²) < 4.78 is 1.55. The molecule has 0 aliphatic heterocycles. The van der Waals surface area contributed by atoms with Crippen LogP contribution >= 0.6 is 23.1 Å². The molecule has 6 nitrogen and oxygen atoms in total. The second-order valence-corrected chi connectivity index (χ2v) is 9.85. The third kappa shape index (κ3) is 4.88. The van der Waals surface area contributed by atoms with E-state index >= 15 is 0 Å². The molecule has 1 atom stereocenters. The second-order valence-electron chi connectivity index (χ2n) is 7.68. The largest absolute Gasteiger partial charge is 0.325 e. The number of fused-ring (bicyclic) bond motifs is 1. The summed E-state index contributed by atoms with van der Waals surface area (Å²) in [4.78, 5) is 43.3. The van der Waals surface area contributed by atoms with Crippen molar-refractivity contribution in [2.24, 2.45) is 0 Å². The van der Waals surface area contributed by atoms with Crippen molar-refractivity contribution in [3.05, 3.63) is 88.5 Å². The number of ketones is 1. The maximum absolute atomic E-state index is 13.5. The topological polar surface area (TPSA) is 81.1 Å². The van der Waals surface area contributed by atoms with Gasteiger partial charge < -0.3 is 5.32 Å². The summed E-state index contributed by atoms with van der Waals surface area (Å²) in [5.74, 6) is -0.323. The number of carbonyl (C=O) groups excluding carboxylic acids is 2. The Morgan fingerprint density at radius 3 is 2.68 bits per heavy atom. The van der Waals surface area contributed by atoms with Gasteiger partial charge in [0.1, 0.15) is 4.83 Å². The molecular formula is C26H23N3O3S2. The number of anilines is 1. The molecule has 1 N–H and O–H groups in total. The fourth-order valence-corrected chi connectivity index (χ4v) is 5.39. The summed E-state index contributed by atoms with van der Waals surface area (Å²) in [6.07, 6.45) is 1.64. The number of nitrogens with zero attached hydrogens (tertiary/aromatic N) is 2. The average Bonchev–Trinajstić information content (AvgIpc) is 3.26. The molecule has 1 amide bonds. The Kier molecular flexibility index (Phi) is 7.09. The molecule has 172 valence electrons. The van der Waals surface area contributed by atoms with Gasteiger partial charge in [-0.15, -0.1) is 17.9 Å². The van der Waals surface area contributed by atoms with Gasteiger partial charge >= 0.3 is 0 Å². The van der Waals surface area contributed by atoms with Crippen LogP contribution in [0.3, 0.4) is 0 Å². The zero-order chi connectivity index (χ0) is 24.2. The molecule has 34 heavy (non-hydrogen) atoms. The first-order valence-electron chi connectivity index (χ1n) is 10.7. The monoisotopic (exact) mass is 489 g/mol. The summed E-state index contributed by atoms with van der Waals surface area (Å²) in [7, 11) is 0. The van der Waals surface area contributed by atoms with E-state index in [1.54, 1.807) is 41.8 Å². The molecule has 2 heterocycles. The maximum atomic E-state index is 13.5. The first-order valence-corrected chi connectivity index (χ1v) is 12.4. The maximum Gasteiger partial charge on any atom is 0.263 e. The van der Waals surface area contributed by atoms with Crippen LogP contribution in [0.1, 0.15) is 24.2 Å². The molecule has 0 radical (unpaired) electrons. The second kappa shape index (κ2) is 10.2. The van der Waals surface area contributed by atoms with Gasteiger partial charge in [0.25, 0.3) is 5.56 Å². The van der Waals surface area contributed by atoms with Crippen molar-refractivity contribution in [1.29, 1.82) is 0 Å². The molecule has 2 aromatic heterocycles. The van der Waals surface area contributed by atoms with E-state index in [1.807, 2.05) is 35.7 Å². The van der Waals surface area contributed by atoms with Crippen molar-refractivity contribution < 1.29 is 9.59 Å². The van der Waals surface area contributed by atoms with Crippen molar-refractivity contribution in [2.75, 3.05) is 5.32 Å². The highest BCUT2D eigenvalue weighted by Gasteiger charge is 2.21. The van der Waals surface area contributed by atoms with Crippen LogP contribution in [0.5, 0.6) is 0 Å². The van der Waals surface area contributed by atoms with Gasteiger partial charge in [0.2, 0.25) is 5.91 Å². The van der Waals surface area contributed by atoms with Gasteiger partial charge in [0.05, 0.1) is 10.6 Å². The van der Waals surface area contributed by atoms with Crippen LogP contribution < -0.4 is 10.9 Å². The summed E-state index contributed by atoms with van der Waals surface area (Å²) in [6.45, 7) is 7.30. The minimum absolute atomic E-state index is 0.0738. The Morgan fingerprint density at radius 1 is 1.21 bits per heavy atom. The lowest BCUT2D eigenvalue weighted by atomic mass is 10.1. The number of benzene rings is 2. The van der Waals surface area contributed by atoms with Crippen LogP contribution in [-0.2, 0) is 11.3 Å². The first-order chi connectivity index (χ1) is 16.4. The van der Waals surface area contributed by atoms with E-state index in [-0.39, 0.29) is 23.8 Å². The Bertz CT molecular complexity index is 1440. The zero-order valence-corrected chi connectivity index (χ0v) is 20.4. The smallest absolute Gasteiger partial charge is 0.263 e. The minimum Gasteiger partial charge on any atom is -0.325 e. The normalized spacial score (nSPS) is 11.8. The third-order valence-electron chi connectivity index (χ3n) is 5.24. The van der Waals surface area contributed by atoms with Crippen LogP contribution in [0.25, 0.3) is 21.3 Å². The fraction of sp³-hybridized carbons (Fsp3) is 0.154. The quantitative estimate of drug-likeness (QED) is 0.150. The number of hydrogen-bond donors (Lipinski definition) is 1. The third-order valence-corrected chi connectivity index (χ3v) is 7.21. The number of hydrogen-bond acceptors (Lipinski definition) is 6. The lowest BCUT2D eigenvalue weighted by Crippen LogP contribution is -2.26. The molecule has 4 aromatic rings. The number of carbonyl (C=O) groups is 2. The van der Waals surface area contributed by atoms with E-state index < -0.39 is 5.25 Å². The fourth-order valence-electron chi connectivity index (χ4n) is 3.49. The Hall–Kier alpha value is -3.49. The molecule has 4 rings (SSSR count). The summed E-state index contributed by atoms with van der Waals surface area (Å²) in [5.41, 5.74) is 2.72. The van der Waals surface area contributed by atoms with Crippen LogP contribution in [0, 0.1) is 0 Å². The number of allylic oxidation sites excluding steroid dienone is 1. The van der Waals surface area contributed by atoms with E-state index in [9.17, 15) is 14.4 Å². The molecule has 8 heteroatoms. The van der Waals surface area contributed by atoms with Crippen LogP contribution in [0.4, 0.5) is 5.69 Å². The van der Waals surface area contributed by atoms with Gasteiger partial charge in [-0.2, -0.15) is 0 Å².